The summed E-state index contributed by atoms with van der Waals surface area (Å²) >= 11 is 0. The van der Waals surface area contributed by atoms with Crippen molar-refractivity contribution in [2.75, 3.05) is 4.90 Å². The Morgan fingerprint density at radius 1 is 0.364 bits per heavy atom. The van der Waals surface area contributed by atoms with Gasteiger partial charge in [-0.2, -0.15) is 0 Å². The largest absolute Gasteiger partial charge is 0.309 e. The van der Waals surface area contributed by atoms with Gasteiger partial charge in [0.2, 0.25) is 0 Å². The Labute approximate surface area is 323 Å². The second-order valence-corrected chi connectivity index (χ2v) is 16.5. The third-order valence-corrected chi connectivity index (χ3v) is 12.8. The van der Waals surface area contributed by atoms with Crippen LogP contribution in [-0.4, -0.2) is 0 Å². The van der Waals surface area contributed by atoms with Gasteiger partial charge in [0.15, 0.2) is 0 Å². The van der Waals surface area contributed by atoms with E-state index in [-0.39, 0.29) is 10.8 Å². The molecule has 0 fully saturated rings. The molecule has 0 saturated carbocycles. The summed E-state index contributed by atoms with van der Waals surface area (Å²) in [5.74, 6) is 0. The molecule has 0 bridgehead atoms. The second-order valence-electron chi connectivity index (χ2n) is 16.5. The number of benzene rings is 9. The lowest BCUT2D eigenvalue weighted by Gasteiger charge is -2.39. The van der Waals surface area contributed by atoms with Crippen LogP contribution >= 0.6 is 0 Å². The van der Waals surface area contributed by atoms with Gasteiger partial charge in [0.05, 0.1) is 11.4 Å². The van der Waals surface area contributed by atoms with Crippen molar-refractivity contribution in [1.82, 2.24) is 0 Å². The molecule has 0 N–H and O–H groups in total. The summed E-state index contributed by atoms with van der Waals surface area (Å²) in [7, 11) is 0. The van der Waals surface area contributed by atoms with Crippen LogP contribution in [0.4, 0.5) is 17.1 Å². The van der Waals surface area contributed by atoms with Crippen molar-refractivity contribution >= 4 is 49.4 Å². The van der Waals surface area contributed by atoms with E-state index in [0.29, 0.717) is 0 Å². The lowest BCUT2D eigenvalue weighted by atomic mass is 9.66. The molecule has 0 amide bonds. The SMILES string of the molecule is CC1(C)c2ccccc2-c2ccc(N(c3ccc4cccc5c4c3-c3cccc(-c4cccc6ccccc46)c3C5(C)C)c3cccc4ccccc34)cc21. The lowest BCUT2D eigenvalue weighted by molar-refractivity contribution is 0.647. The van der Waals surface area contributed by atoms with Gasteiger partial charge in [-0.3, -0.25) is 0 Å². The monoisotopic (exact) mass is 703 g/mol. The van der Waals surface area contributed by atoms with Crippen molar-refractivity contribution in [3.05, 3.63) is 198 Å². The molecule has 9 aromatic carbocycles. The Morgan fingerprint density at radius 2 is 0.945 bits per heavy atom. The first-order chi connectivity index (χ1) is 26.8. The van der Waals surface area contributed by atoms with Crippen molar-refractivity contribution in [3.63, 3.8) is 0 Å². The third kappa shape index (κ3) is 4.47. The van der Waals surface area contributed by atoms with E-state index >= 15 is 0 Å². The smallest absolute Gasteiger partial charge is 0.0546 e. The summed E-state index contributed by atoms with van der Waals surface area (Å²) in [6.45, 7) is 9.60. The predicted octanol–water partition coefficient (Wildman–Crippen LogP) is 14.9. The summed E-state index contributed by atoms with van der Waals surface area (Å²) in [4.78, 5) is 2.56. The van der Waals surface area contributed by atoms with Crippen molar-refractivity contribution < 1.29 is 0 Å². The van der Waals surface area contributed by atoms with Crippen molar-refractivity contribution in [2.24, 2.45) is 0 Å². The first kappa shape index (κ1) is 32.0. The Bertz CT molecular complexity index is 3040. The van der Waals surface area contributed by atoms with Gasteiger partial charge in [-0.05, 0) is 101 Å². The predicted molar refractivity (Wildman–Crippen MR) is 234 cm³/mol. The standard InChI is InChI=1S/C54H41N/c1-53(2)45-26-10-9-22-41(45)42-31-30-37(33-47(42)53)55(48-28-13-18-35-16-6-8-21-39(35)48)49-32-29-36-19-12-27-46-50(36)51(49)44-25-14-24-43(52(44)54(46,3)4)40-23-11-17-34-15-5-7-20-38(34)40/h5-33H,1-4H3. The topological polar surface area (TPSA) is 3.24 Å². The molecule has 0 unspecified atom stereocenters. The number of fused-ring (bicyclic) bond motifs is 7. The minimum Gasteiger partial charge on any atom is -0.309 e. The fraction of sp³-hybridized carbons (Fsp3) is 0.111. The molecule has 0 saturated heterocycles. The molecule has 1 heteroatoms. The summed E-state index contributed by atoms with van der Waals surface area (Å²) in [6.07, 6.45) is 0. The Kier molecular flexibility index (Phi) is 6.72. The molecule has 9 aromatic rings. The van der Waals surface area contributed by atoms with Crippen LogP contribution in [0.1, 0.15) is 49.9 Å². The van der Waals surface area contributed by atoms with Crippen LogP contribution in [0.25, 0.3) is 65.7 Å². The van der Waals surface area contributed by atoms with Gasteiger partial charge < -0.3 is 4.90 Å². The molecule has 2 aliphatic rings. The van der Waals surface area contributed by atoms with E-state index < -0.39 is 0 Å². The molecule has 55 heavy (non-hydrogen) atoms. The minimum absolute atomic E-state index is 0.124. The molecule has 11 rings (SSSR count). The van der Waals surface area contributed by atoms with Crippen LogP contribution in [0.2, 0.25) is 0 Å². The van der Waals surface area contributed by atoms with Gasteiger partial charge in [0.25, 0.3) is 0 Å². The van der Waals surface area contributed by atoms with Gasteiger partial charge in [-0.1, -0.05) is 179 Å². The molecule has 2 aliphatic carbocycles. The maximum Gasteiger partial charge on any atom is 0.0546 e. The van der Waals surface area contributed by atoms with Gasteiger partial charge >= 0.3 is 0 Å². The molecule has 1 nitrogen and oxygen atoms in total. The Hall–Kier alpha value is -6.44. The fourth-order valence-corrected chi connectivity index (χ4v) is 10.2. The third-order valence-electron chi connectivity index (χ3n) is 12.8. The van der Waals surface area contributed by atoms with Crippen LogP contribution in [0.15, 0.2) is 176 Å². The molecule has 0 aliphatic heterocycles. The zero-order valence-corrected chi connectivity index (χ0v) is 31.7. The molecule has 262 valence electrons. The molecular weight excluding hydrogens is 663 g/mol. The quantitative estimate of drug-likeness (QED) is 0.176. The van der Waals surface area contributed by atoms with E-state index in [1.807, 2.05) is 0 Å². The van der Waals surface area contributed by atoms with E-state index in [2.05, 4.69) is 209 Å². The van der Waals surface area contributed by atoms with Gasteiger partial charge in [-0.15, -0.1) is 0 Å². The molecule has 0 radical (unpaired) electrons. The normalized spacial score (nSPS) is 14.5. The van der Waals surface area contributed by atoms with E-state index in [0.717, 1.165) is 0 Å². The van der Waals surface area contributed by atoms with Crippen LogP contribution in [0.3, 0.4) is 0 Å². The maximum atomic E-state index is 2.56. The molecule has 0 atom stereocenters. The average Bonchev–Trinajstić information content (AvgIpc) is 3.45. The molecule has 0 heterocycles. The highest BCUT2D eigenvalue weighted by molar-refractivity contribution is 6.13. The van der Waals surface area contributed by atoms with E-state index in [1.54, 1.807) is 0 Å². The van der Waals surface area contributed by atoms with Crippen LogP contribution < -0.4 is 4.90 Å². The Morgan fingerprint density at radius 3 is 1.80 bits per heavy atom. The molecular formula is C54H41N. The highest BCUT2D eigenvalue weighted by Gasteiger charge is 2.39. The fourth-order valence-electron chi connectivity index (χ4n) is 10.2. The van der Waals surface area contributed by atoms with Crippen LogP contribution in [0.5, 0.6) is 0 Å². The highest BCUT2D eigenvalue weighted by atomic mass is 15.1. The van der Waals surface area contributed by atoms with E-state index in [4.69, 9.17) is 0 Å². The molecule has 0 aromatic heterocycles. The summed E-state index contributed by atoms with van der Waals surface area (Å²) in [6, 6.07) is 65.9. The van der Waals surface area contributed by atoms with Gasteiger partial charge in [-0.25, -0.2) is 0 Å². The maximum absolute atomic E-state index is 2.56. The zero-order valence-electron chi connectivity index (χ0n) is 31.7. The van der Waals surface area contributed by atoms with Crippen LogP contribution in [0, 0.1) is 0 Å². The van der Waals surface area contributed by atoms with Gasteiger partial charge in [0, 0.05) is 27.5 Å². The zero-order chi connectivity index (χ0) is 37.1. The summed E-state index contributed by atoms with van der Waals surface area (Å²) < 4.78 is 0. The van der Waals surface area contributed by atoms with Crippen molar-refractivity contribution in [1.29, 1.82) is 0 Å². The lowest BCUT2D eigenvalue weighted by Crippen LogP contribution is -2.26. The number of anilines is 3. The second kappa shape index (κ2) is 11.5. The number of rotatable bonds is 4. The van der Waals surface area contributed by atoms with E-state index in [1.165, 1.54) is 105 Å². The summed E-state index contributed by atoms with van der Waals surface area (Å²) in [5, 5.41) is 7.62. The number of hydrogen-bond acceptors (Lipinski definition) is 1. The molecule has 0 spiro atoms. The minimum atomic E-state index is -0.248. The summed E-state index contributed by atoms with van der Waals surface area (Å²) in [5.41, 5.74) is 16.5. The number of nitrogens with zero attached hydrogens (tertiary/aromatic N) is 1. The Balaban J connectivity index is 1.25. The first-order valence-corrected chi connectivity index (χ1v) is 19.5. The van der Waals surface area contributed by atoms with Gasteiger partial charge in [0.1, 0.15) is 0 Å². The van der Waals surface area contributed by atoms with E-state index in [9.17, 15) is 0 Å². The van der Waals surface area contributed by atoms with Crippen molar-refractivity contribution in [2.45, 2.75) is 38.5 Å². The van der Waals surface area contributed by atoms with Crippen molar-refractivity contribution in [3.8, 4) is 33.4 Å². The highest BCUT2D eigenvalue weighted by Crippen LogP contribution is 2.57. The average molecular weight is 704 g/mol. The van der Waals surface area contributed by atoms with Crippen LogP contribution in [-0.2, 0) is 10.8 Å². The number of hydrogen-bond donors (Lipinski definition) is 0. The first-order valence-electron chi connectivity index (χ1n) is 19.5.